The predicted molar refractivity (Wildman–Crippen MR) is 105 cm³/mol. The fourth-order valence-electron chi connectivity index (χ4n) is 3.97. The summed E-state index contributed by atoms with van der Waals surface area (Å²) >= 11 is 0. The summed E-state index contributed by atoms with van der Waals surface area (Å²) in [6.45, 7) is 1.55. The van der Waals surface area contributed by atoms with Gasteiger partial charge in [-0.25, -0.2) is 4.98 Å². The summed E-state index contributed by atoms with van der Waals surface area (Å²) in [7, 11) is 0. The zero-order valence-electron chi connectivity index (χ0n) is 16.4. The van der Waals surface area contributed by atoms with Crippen molar-refractivity contribution in [1.29, 1.82) is 0 Å². The van der Waals surface area contributed by atoms with Crippen LogP contribution in [0.2, 0.25) is 0 Å². The maximum absolute atomic E-state index is 12.8. The highest BCUT2D eigenvalue weighted by Crippen LogP contribution is 2.27. The van der Waals surface area contributed by atoms with Gasteiger partial charge in [-0.1, -0.05) is 19.3 Å². The minimum atomic E-state index is -1.14. The zero-order chi connectivity index (χ0) is 20.1. The summed E-state index contributed by atoms with van der Waals surface area (Å²) < 4.78 is 7.77. The number of aryl methyl sites for hydroxylation is 1. The van der Waals surface area contributed by atoms with Crippen LogP contribution < -0.4 is 4.74 Å². The molecule has 2 atom stereocenters. The van der Waals surface area contributed by atoms with Gasteiger partial charge in [0.05, 0.1) is 25.0 Å². The van der Waals surface area contributed by atoms with Crippen LogP contribution in [0.15, 0.2) is 18.3 Å². The second-order valence-corrected chi connectivity index (χ2v) is 7.75. The number of aromatic nitrogens is 2. The molecule has 0 aliphatic heterocycles. The third-order valence-electron chi connectivity index (χ3n) is 5.67. The molecule has 3 N–H and O–H groups in total. The van der Waals surface area contributed by atoms with E-state index in [2.05, 4.69) is 4.98 Å². The number of Topliss-reactive ketones (excluding diaryl/α,β-unsaturated/α-hetero) is 1. The van der Waals surface area contributed by atoms with Crippen LogP contribution >= 0.6 is 0 Å². The number of rotatable bonds is 9. The summed E-state index contributed by atoms with van der Waals surface area (Å²) in [5.41, 5.74) is 1.60. The molecule has 2 heterocycles. The monoisotopic (exact) mass is 390 g/mol. The average Bonchev–Trinajstić information content (AvgIpc) is 3.06. The minimum absolute atomic E-state index is 0.0694. The highest BCUT2D eigenvalue weighted by molar-refractivity contribution is 5.97. The molecule has 2 aromatic rings. The Morgan fingerprint density at radius 2 is 2.04 bits per heavy atom. The lowest BCUT2D eigenvalue weighted by molar-refractivity contribution is 0.0194. The summed E-state index contributed by atoms with van der Waals surface area (Å²) in [5, 5.41) is 28.3. The number of ether oxygens (including phenoxy) is 1. The number of hydrogen-bond donors (Lipinski definition) is 3. The van der Waals surface area contributed by atoms with E-state index in [1.165, 1.54) is 32.1 Å². The second kappa shape index (κ2) is 9.49. The molecule has 0 aromatic carbocycles. The standard InChI is InChI=1S/C21H30N2O5/c1-14-20(17(26)10-16(11-24)18(27)12-25)23-9-5-8-19(21(23)22-14)28-13-15-6-3-2-4-7-15/h5,8-9,15-16,18,24-25,27H,2-4,6-7,10-13H2,1H3. The number of carbonyl (C=O) groups is 1. The summed E-state index contributed by atoms with van der Waals surface area (Å²) in [4.78, 5) is 17.4. The second-order valence-electron chi connectivity index (χ2n) is 7.75. The van der Waals surface area contributed by atoms with Crippen LogP contribution in [-0.4, -0.2) is 56.4 Å². The van der Waals surface area contributed by atoms with E-state index in [4.69, 9.17) is 9.84 Å². The molecule has 0 spiro atoms. The van der Waals surface area contributed by atoms with Crippen molar-refractivity contribution in [3.8, 4) is 5.75 Å². The maximum atomic E-state index is 12.8. The molecule has 1 aliphatic rings. The lowest BCUT2D eigenvalue weighted by Crippen LogP contribution is -2.29. The first kappa shape index (κ1) is 20.8. The summed E-state index contributed by atoms with van der Waals surface area (Å²) in [5.74, 6) is 0.273. The van der Waals surface area contributed by atoms with Gasteiger partial charge in [0, 0.05) is 25.1 Å². The van der Waals surface area contributed by atoms with Gasteiger partial charge in [-0.05, 0) is 37.8 Å². The number of hydrogen-bond acceptors (Lipinski definition) is 6. The molecule has 2 unspecified atom stereocenters. The van der Waals surface area contributed by atoms with E-state index in [1.54, 1.807) is 17.5 Å². The molecule has 2 aromatic heterocycles. The van der Waals surface area contributed by atoms with E-state index in [-0.39, 0.29) is 18.8 Å². The van der Waals surface area contributed by atoms with Crippen LogP contribution in [-0.2, 0) is 0 Å². The van der Waals surface area contributed by atoms with Gasteiger partial charge in [0.25, 0.3) is 0 Å². The van der Waals surface area contributed by atoms with Crippen molar-refractivity contribution >= 4 is 11.4 Å². The Morgan fingerprint density at radius 3 is 2.71 bits per heavy atom. The molecule has 0 amide bonds. The highest BCUT2D eigenvalue weighted by atomic mass is 16.5. The molecular formula is C21H30N2O5. The average molecular weight is 390 g/mol. The van der Waals surface area contributed by atoms with Gasteiger partial charge in [-0.15, -0.1) is 0 Å². The Balaban J connectivity index is 1.80. The predicted octanol–water partition coefficient (Wildman–Crippen LogP) is 2.14. The van der Waals surface area contributed by atoms with Crippen molar-refractivity contribution in [3.05, 3.63) is 29.7 Å². The van der Waals surface area contributed by atoms with Gasteiger partial charge in [0.1, 0.15) is 5.69 Å². The maximum Gasteiger partial charge on any atom is 0.181 e. The summed E-state index contributed by atoms with van der Waals surface area (Å²) in [6, 6.07) is 3.69. The first-order chi connectivity index (χ1) is 13.5. The number of carbonyl (C=O) groups excluding carboxylic acids is 1. The van der Waals surface area contributed by atoms with Crippen LogP contribution in [0.1, 0.15) is 54.7 Å². The van der Waals surface area contributed by atoms with Gasteiger partial charge in [-0.3, -0.25) is 9.20 Å². The van der Waals surface area contributed by atoms with E-state index in [0.29, 0.717) is 35.3 Å². The fourth-order valence-corrected chi connectivity index (χ4v) is 3.97. The fraction of sp³-hybridized carbons (Fsp3) is 0.619. The molecule has 0 radical (unpaired) electrons. The van der Waals surface area contributed by atoms with Gasteiger partial charge >= 0.3 is 0 Å². The Morgan fingerprint density at radius 1 is 1.29 bits per heavy atom. The molecule has 3 rings (SSSR count). The van der Waals surface area contributed by atoms with E-state index < -0.39 is 18.6 Å². The normalized spacial score (nSPS) is 17.6. The smallest absolute Gasteiger partial charge is 0.181 e. The van der Waals surface area contributed by atoms with Gasteiger partial charge in [0.15, 0.2) is 17.2 Å². The first-order valence-corrected chi connectivity index (χ1v) is 10.1. The molecule has 28 heavy (non-hydrogen) atoms. The van der Waals surface area contributed by atoms with Crippen molar-refractivity contribution in [3.63, 3.8) is 0 Å². The minimum Gasteiger partial charge on any atom is -0.489 e. The first-order valence-electron chi connectivity index (χ1n) is 10.1. The van der Waals surface area contributed by atoms with Crippen LogP contribution in [0.25, 0.3) is 5.65 Å². The molecule has 1 fully saturated rings. The van der Waals surface area contributed by atoms with Crippen molar-refractivity contribution in [2.24, 2.45) is 11.8 Å². The number of fused-ring (bicyclic) bond motifs is 1. The van der Waals surface area contributed by atoms with E-state index in [0.717, 1.165) is 0 Å². The molecule has 7 heteroatoms. The van der Waals surface area contributed by atoms with E-state index in [9.17, 15) is 15.0 Å². The lowest BCUT2D eigenvalue weighted by atomic mass is 9.90. The molecule has 1 aliphatic carbocycles. The zero-order valence-corrected chi connectivity index (χ0v) is 16.4. The molecule has 0 bridgehead atoms. The Bertz CT molecular complexity index is 797. The highest BCUT2D eigenvalue weighted by Gasteiger charge is 2.26. The lowest BCUT2D eigenvalue weighted by Gasteiger charge is -2.21. The van der Waals surface area contributed by atoms with Crippen LogP contribution in [0.5, 0.6) is 5.75 Å². The topological polar surface area (TPSA) is 104 Å². The molecule has 1 saturated carbocycles. The van der Waals surface area contributed by atoms with Gasteiger partial charge in [0.2, 0.25) is 0 Å². The molecule has 154 valence electrons. The Kier molecular flexibility index (Phi) is 7.04. The third-order valence-corrected chi connectivity index (χ3v) is 5.67. The molecule has 0 saturated heterocycles. The summed E-state index contributed by atoms with van der Waals surface area (Å²) in [6.07, 6.45) is 6.76. The van der Waals surface area contributed by atoms with E-state index >= 15 is 0 Å². The van der Waals surface area contributed by atoms with Crippen molar-refractivity contribution in [1.82, 2.24) is 9.38 Å². The van der Waals surface area contributed by atoms with Crippen LogP contribution in [0.4, 0.5) is 0 Å². The molecule has 7 nitrogen and oxygen atoms in total. The number of pyridine rings is 1. The number of imidazole rings is 1. The van der Waals surface area contributed by atoms with Gasteiger partial charge in [-0.2, -0.15) is 0 Å². The van der Waals surface area contributed by atoms with E-state index in [1.807, 2.05) is 12.1 Å². The SMILES string of the molecule is Cc1nc2c(OCC3CCCCC3)cccn2c1C(=O)CC(CO)C(O)CO. The van der Waals surface area contributed by atoms with Crippen molar-refractivity contribution in [2.45, 2.75) is 51.6 Å². The van der Waals surface area contributed by atoms with Crippen LogP contribution in [0, 0.1) is 18.8 Å². The quantitative estimate of drug-likeness (QED) is 0.567. The number of nitrogens with zero attached hydrogens (tertiary/aromatic N) is 2. The Hall–Kier alpha value is -1.96. The van der Waals surface area contributed by atoms with Crippen molar-refractivity contribution < 1.29 is 24.9 Å². The largest absolute Gasteiger partial charge is 0.489 e. The van der Waals surface area contributed by atoms with Crippen molar-refractivity contribution in [2.75, 3.05) is 19.8 Å². The number of ketones is 1. The number of aliphatic hydroxyl groups excluding tert-OH is 3. The molecular weight excluding hydrogens is 360 g/mol. The van der Waals surface area contributed by atoms with Crippen LogP contribution in [0.3, 0.4) is 0 Å². The van der Waals surface area contributed by atoms with Gasteiger partial charge < -0.3 is 20.1 Å². The Labute approximate surface area is 165 Å². The third kappa shape index (κ3) is 4.54. The number of aliphatic hydroxyl groups is 3.